The topological polar surface area (TPSA) is 132 Å². The van der Waals surface area contributed by atoms with Crippen molar-refractivity contribution >= 4 is 17.8 Å². The molecule has 10 nitrogen and oxygen atoms in total. The first-order chi connectivity index (χ1) is 22.2. The highest BCUT2D eigenvalue weighted by Gasteiger charge is 2.29. The predicted molar refractivity (Wildman–Crippen MR) is 171 cm³/mol. The predicted octanol–water partition coefficient (Wildman–Crippen LogP) is 6.57. The van der Waals surface area contributed by atoms with Crippen molar-refractivity contribution in [2.45, 2.75) is 71.4 Å². The molecule has 244 valence electrons. The van der Waals surface area contributed by atoms with Crippen LogP contribution in [0.15, 0.2) is 54.6 Å². The van der Waals surface area contributed by atoms with Gasteiger partial charge in [0.05, 0.1) is 6.61 Å². The number of fused-ring (bicyclic) bond motifs is 1. The molecule has 3 aromatic carbocycles. The van der Waals surface area contributed by atoms with Crippen LogP contribution in [0.4, 0.5) is 0 Å². The second-order valence-corrected chi connectivity index (χ2v) is 11.9. The highest BCUT2D eigenvalue weighted by molar-refractivity contribution is 5.96. The lowest BCUT2D eigenvalue weighted by atomic mass is 9.91. The Morgan fingerprint density at radius 2 is 1.72 bits per heavy atom. The molecule has 0 saturated carbocycles. The maximum atomic E-state index is 14.0. The summed E-state index contributed by atoms with van der Waals surface area (Å²) in [6.45, 7) is 5.43. The summed E-state index contributed by atoms with van der Waals surface area (Å²) in [6, 6.07) is 16.7. The monoisotopic (exact) mass is 631 g/mol. The molecule has 0 spiro atoms. The van der Waals surface area contributed by atoms with Crippen molar-refractivity contribution in [3.63, 3.8) is 0 Å². The fourth-order valence-electron chi connectivity index (χ4n) is 5.98. The van der Waals surface area contributed by atoms with E-state index in [0.717, 1.165) is 36.0 Å². The van der Waals surface area contributed by atoms with Gasteiger partial charge in [0.25, 0.3) is 5.91 Å². The maximum Gasteiger partial charge on any atom is 0.303 e. The molecule has 2 heterocycles. The molecule has 1 saturated heterocycles. The average Bonchev–Trinajstić information content (AvgIpc) is 3.53. The summed E-state index contributed by atoms with van der Waals surface area (Å²) in [5.74, 6) is 0.874. The Kier molecular flexibility index (Phi) is 10.7. The van der Waals surface area contributed by atoms with Gasteiger partial charge in [-0.05, 0) is 91.6 Å². The first kappa shape index (κ1) is 32.7. The lowest BCUT2D eigenvalue weighted by Gasteiger charge is -2.38. The Bertz CT molecular complexity index is 1570. The fourth-order valence-corrected chi connectivity index (χ4v) is 5.98. The summed E-state index contributed by atoms with van der Waals surface area (Å²) in [6.07, 6.45) is 3.51. The Morgan fingerprint density at radius 3 is 2.50 bits per heavy atom. The highest BCUT2D eigenvalue weighted by Crippen LogP contribution is 2.38. The Hall–Kier alpha value is -4.73. The number of piperidine rings is 1. The number of benzene rings is 3. The normalized spacial score (nSPS) is 17.0. The minimum Gasteiger partial charge on any atom is -0.493 e. The molecule has 2 unspecified atom stereocenters. The molecule has 2 aliphatic heterocycles. The summed E-state index contributed by atoms with van der Waals surface area (Å²) in [5.41, 5.74) is 3.60. The number of rotatable bonds is 14. The number of nitrogens with zero attached hydrogens (tertiary/aromatic N) is 1. The fraction of sp³-hybridized carbons (Fsp3) is 0.417. The van der Waals surface area contributed by atoms with E-state index in [-0.39, 0.29) is 51.2 Å². The molecule has 5 rings (SSSR count). The van der Waals surface area contributed by atoms with E-state index >= 15 is 0 Å². The number of carboxylic acids is 2. The molecule has 3 aromatic rings. The number of aliphatic carboxylic acids is 2. The van der Waals surface area contributed by atoms with Gasteiger partial charge >= 0.3 is 11.9 Å². The van der Waals surface area contributed by atoms with Crippen LogP contribution in [0.25, 0.3) is 11.1 Å². The van der Waals surface area contributed by atoms with E-state index in [1.165, 1.54) is 0 Å². The molecule has 0 aromatic heterocycles. The van der Waals surface area contributed by atoms with Gasteiger partial charge in [0, 0.05) is 36.6 Å². The first-order valence-electron chi connectivity index (χ1n) is 15.9. The number of hydrogen-bond donors (Lipinski definition) is 2. The zero-order valence-corrected chi connectivity index (χ0v) is 26.3. The van der Waals surface area contributed by atoms with Gasteiger partial charge in [-0.15, -0.1) is 0 Å². The summed E-state index contributed by atoms with van der Waals surface area (Å²) in [4.78, 5) is 38.3. The smallest absolute Gasteiger partial charge is 0.303 e. The van der Waals surface area contributed by atoms with E-state index in [9.17, 15) is 19.5 Å². The van der Waals surface area contributed by atoms with Crippen LogP contribution in [-0.4, -0.2) is 58.9 Å². The maximum absolute atomic E-state index is 14.0. The van der Waals surface area contributed by atoms with Crippen molar-refractivity contribution in [3.05, 3.63) is 71.3 Å². The second kappa shape index (κ2) is 15.0. The minimum absolute atomic E-state index is 0.0245. The van der Waals surface area contributed by atoms with Crippen LogP contribution in [0.2, 0.25) is 0 Å². The Balaban J connectivity index is 1.44. The van der Waals surface area contributed by atoms with Crippen molar-refractivity contribution in [1.82, 2.24) is 4.90 Å². The molecule has 10 heteroatoms. The number of carbonyl (C=O) groups excluding carboxylic acids is 1. The van der Waals surface area contributed by atoms with Crippen LogP contribution in [-0.2, 0) is 22.6 Å². The lowest BCUT2D eigenvalue weighted by Crippen LogP contribution is -2.45. The van der Waals surface area contributed by atoms with Crippen LogP contribution in [0, 0.1) is 5.92 Å². The average molecular weight is 632 g/mol. The second-order valence-electron chi connectivity index (χ2n) is 11.9. The Labute approximate surface area is 268 Å². The number of carbonyl (C=O) groups is 3. The van der Waals surface area contributed by atoms with Gasteiger partial charge in [0.1, 0.15) is 18.1 Å². The number of amides is 1. The zero-order chi connectivity index (χ0) is 32.6. The van der Waals surface area contributed by atoms with Crippen LogP contribution >= 0.6 is 0 Å². The minimum atomic E-state index is -0.940. The summed E-state index contributed by atoms with van der Waals surface area (Å²) in [7, 11) is 0. The third kappa shape index (κ3) is 8.10. The van der Waals surface area contributed by atoms with E-state index in [1.54, 1.807) is 18.2 Å². The molecule has 1 fully saturated rings. The van der Waals surface area contributed by atoms with Crippen molar-refractivity contribution < 1.29 is 43.5 Å². The third-order valence-electron chi connectivity index (χ3n) is 8.68. The first-order valence-corrected chi connectivity index (χ1v) is 15.9. The standard InChI is InChI=1S/C36H41NO9/c1-3-24-10-9-23(2)37(20-24)36(42)28-16-27(25-11-13-32-33(19-25)46-22-45-32)17-29(18-28)44-21-26-6-4-7-31(30(26)12-14-35(40)41)43-15-5-8-34(38)39/h4,6-7,11,13,16-19,23-24H,3,5,8-10,12,14-15,20-22H2,1-2H3,(H,38,39)(H,40,41). The van der Waals surface area contributed by atoms with Crippen molar-refractivity contribution in [3.8, 4) is 34.1 Å². The van der Waals surface area contributed by atoms with Crippen LogP contribution < -0.4 is 18.9 Å². The quantitative estimate of drug-likeness (QED) is 0.190. The van der Waals surface area contributed by atoms with Crippen molar-refractivity contribution in [1.29, 1.82) is 0 Å². The van der Waals surface area contributed by atoms with Gasteiger partial charge in [0.2, 0.25) is 6.79 Å². The van der Waals surface area contributed by atoms with Gasteiger partial charge in [-0.1, -0.05) is 31.5 Å². The zero-order valence-electron chi connectivity index (χ0n) is 26.3. The molecule has 2 N–H and O–H groups in total. The van der Waals surface area contributed by atoms with Gasteiger partial charge in [-0.25, -0.2) is 0 Å². The van der Waals surface area contributed by atoms with Gasteiger partial charge < -0.3 is 34.1 Å². The van der Waals surface area contributed by atoms with Gasteiger partial charge in [0.15, 0.2) is 11.5 Å². The molecule has 0 bridgehead atoms. The molecule has 0 aliphatic carbocycles. The third-order valence-corrected chi connectivity index (χ3v) is 8.68. The van der Waals surface area contributed by atoms with E-state index in [4.69, 9.17) is 24.1 Å². The van der Waals surface area contributed by atoms with Crippen LogP contribution in [0.3, 0.4) is 0 Å². The van der Waals surface area contributed by atoms with E-state index in [0.29, 0.717) is 53.0 Å². The molecule has 2 atom stereocenters. The molecule has 0 radical (unpaired) electrons. The molecular formula is C36H41NO9. The molecule has 46 heavy (non-hydrogen) atoms. The van der Waals surface area contributed by atoms with Crippen LogP contribution in [0.1, 0.15) is 73.9 Å². The van der Waals surface area contributed by atoms with Crippen LogP contribution in [0.5, 0.6) is 23.0 Å². The summed E-state index contributed by atoms with van der Waals surface area (Å²) < 4.78 is 23.3. The number of ether oxygens (including phenoxy) is 4. The van der Waals surface area contributed by atoms with Crippen molar-refractivity contribution in [2.24, 2.45) is 5.92 Å². The highest BCUT2D eigenvalue weighted by atomic mass is 16.7. The van der Waals surface area contributed by atoms with Gasteiger partial charge in [-0.2, -0.15) is 0 Å². The summed E-state index contributed by atoms with van der Waals surface area (Å²) in [5, 5.41) is 18.3. The molecular weight excluding hydrogens is 590 g/mol. The molecule has 1 amide bonds. The number of carboxylic acid groups (broad SMARTS) is 2. The largest absolute Gasteiger partial charge is 0.493 e. The van der Waals surface area contributed by atoms with E-state index in [2.05, 4.69) is 13.8 Å². The number of likely N-dealkylation sites (tertiary alicyclic amines) is 1. The number of hydrogen-bond acceptors (Lipinski definition) is 7. The van der Waals surface area contributed by atoms with Crippen molar-refractivity contribution in [2.75, 3.05) is 19.9 Å². The summed E-state index contributed by atoms with van der Waals surface area (Å²) >= 11 is 0. The molecule has 2 aliphatic rings. The van der Waals surface area contributed by atoms with Gasteiger partial charge in [-0.3, -0.25) is 14.4 Å². The SMILES string of the molecule is CCC1CCC(C)N(C(=O)c2cc(OCc3cccc(OCCCC(=O)O)c3CCC(=O)O)cc(-c3ccc4c(c3)OCO4)c2)C1. The Morgan fingerprint density at radius 1 is 0.913 bits per heavy atom. The van der Waals surface area contributed by atoms with E-state index < -0.39 is 11.9 Å². The lowest BCUT2D eigenvalue weighted by molar-refractivity contribution is -0.138. The van der Waals surface area contributed by atoms with E-state index in [1.807, 2.05) is 41.3 Å².